The smallest absolute Gasteiger partial charge is 0.218 e. The minimum absolute atomic E-state index is 0.148. The Labute approximate surface area is 139 Å². The molecule has 2 fully saturated rings. The summed E-state index contributed by atoms with van der Waals surface area (Å²) in [5, 5.41) is 0.807. The molecule has 6 heteroatoms. The second-order valence-electron chi connectivity index (χ2n) is 5.68. The molecule has 0 unspecified atom stereocenters. The number of halogens is 4. The van der Waals surface area contributed by atoms with Crippen LogP contribution in [0.5, 0.6) is 0 Å². The molecular formula is C14H18Cl4O2. The van der Waals surface area contributed by atoms with Crippen LogP contribution in [-0.4, -0.2) is 28.7 Å². The van der Waals surface area contributed by atoms with E-state index in [0.29, 0.717) is 23.3 Å². The minimum Gasteiger partial charge on any atom is -0.346 e. The summed E-state index contributed by atoms with van der Waals surface area (Å²) in [6.07, 6.45) is 3.04. The van der Waals surface area contributed by atoms with Crippen molar-refractivity contribution >= 4 is 46.4 Å². The Hall–Kier alpha value is 0.820. The monoisotopic (exact) mass is 358 g/mol. The average molecular weight is 360 g/mol. The Bertz CT molecular complexity index is 426. The highest BCUT2D eigenvalue weighted by atomic mass is 35.5. The van der Waals surface area contributed by atoms with E-state index in [0.717, 1.165) is 19.3 Å². The van der Waals surface area contributed by atoms with Crippen LogP contribution in [-0.2, 0) is 9.47 Å². The second-order valence-corrected chi connectivity index (χ2v) is 7.63. The SMILES string of the molecule is CCOC1(OCC)[C@@]2(Cl)C(Cl)=C(Cl)[C@]1(Cl)[C@H]1CCC[C@@H]12. The van der Waals surface area contributed by atoms with Gasteiger partial charge < -0.3 is 9.47 Å². The molecule has 0 amide bonds. The first kappa shape index (κ1) is 15.7. The van der Waals surface area contributed by atoms with Gasteiger partial charge in [0, 0.05) is 13.2 Å². The standard InChI is InChI=1S/C14H18Cl4O2/c1-3-19-14(20-4-2)12(17)8-6-5-7-9(8)13(14,18)11(16)10(12)15/h8-9H,3-7H2,1-2H3/t8-,9-,12-,13+/m0/s1. The lowest BCUT2D eigenvalue weighted by Gasteiger charge is -2.43. The van der Waals surface area contributed by atoms with E-state index in [9.17, 15) is 0 Å². The molecule has 0 N–H and O–H groups in total. The zero-order valence-corrected chi connectivity index (χ0v) is 14.5. The summed E-state index contributed by atoms with van der Waals surface area (Å²) in [6, 6.07) is 0. The summed E-state index contributed by atoms with van der Waals surface area (Å²) >= 11 is 27.0. The number of ether oxygens (including phenoxy) is 2. The van der Waals surface area contributed by atoms with Crippen molar-refractivity contribution in [2.75, 3.05) is 13.2 Å². The summed E-state index contributed by atoms with van der Waals surface area (Å²) < 4.78 is 12.0. The zero-order valence-electron chi connectivity index (χ0n) is 11.5. The van der Waals surface area contributed by atoms with Gasteiger partial charge in [-0.3, -0.25) is 0 Å². The van der Waals surface area contributed by atoms with Gasteiger partial charge in [0.25, 0.3) is 0 Å². The van der Waals surface area contributed by atoms with E-state index >= 15 is 0 Å². The van der Waals surface area contributed by atoms with Crippen LogP contribution in [0.15, 0.2) is 10.1 Å². The highest BCUT2D eigenvalue weighted by molar-refractivity contribution is 6.52. The molecule has 3 rings (SSSR count). The Kier molecular flexibility index (Phi) is 3.85. The van der Waals surface area contributed by atoms with Crippen molar-refractivity contribution in [2.45, 2.75) is 48.6 Å². The molecule has 0 saturated heterocycles. The van der Waals surface area contributed by atoms with Gasteiger partial charge in [-0.05, 0) is 38.5 Å². The van der Waals surface area contributed by atoms with Gasteiger partial charge in [-0.15, -0.1) is 23.2 Å². The molecule has 3 aliphatic carbocycles. The number of fused-ring (bicyclic) bond motifs is 5. The van der Waals surface area contributed by atoms with Gasteiger partial charge in [0.2, 0.25) is 5.79 Å². The fraction of sp³-hybridized carbons (Fsp3) is 0.857. The zero-order chi connectivity index (χ0) is 14.8. The molecule has 0 spiro atoms. The molecule has 0 aromatic rings. The van der Waals surface area contributed by atoms with Crippen molar-refractivity contribution in [1.82, 2.24) is 0 Å². The van der Waals surface area contributed by atoms with Crippen molar-refractivity contribution in [1.29, 1.82) is 0 Å². The molecule has 0 aliphatic heterocycles. The molecule has 2 bridgehead atoms. The largest absolute Gasteiger partial charge is 0.346 e. The lowest BCUT2D eigenvalue weighted by atomic mass is 9.85. The van der Waals surface area contributed by atoms with Gasteiger partial charge in [0.05, 0.1) is 10.1 Å². The first-order valence-electron chi connectivity index (χ1n) is 7.13. The van der Waals surface area contributed by atoms with Crippen LogP contribution in [0.25, 0.3) is 0 Å². The first-order valence-corrected chi connectivity index (χ1v) is 8.64. The van der Waals surface area contributed by atoms with Crippen LogP contribution >= 0.6 is 46.4 Å². The Morgan fingerprint density at radius 2 is 1.35 bits per heavy atom. The van der Waals surface area contributed by atoms with Crippen molar-refractivity contribution < 1.29 is 9.47 Å². The third-order valence-corrected chi connectivity index (χ3v) is 7.72. The average Bonchev–Trinajstić information content (AvgIpc) is 2.99. The Balaban J connectivity index is 2.22. The highest BCUT2D eigenvalue weighted by Gasteiger charge is 2.85. The van der Waals surface area contributed by atoms with Gasteiger partial charge in [0.15, 0.2) is 0 Å². The maximum Gasteiger partial charge on any atom is 0.218 e. The van der Waals surface area contributed by atoms with Gasteiger partial charge in [-0.25, -0.2) is 0 Å². The first-order chi connectivity index (χ1) is 9.41. The van der Waals surface area contributed by atoms with Crippen LogP contribution in [0, 0.1) is 11.8 Å². The summed E-state index contributed by atoms with van der Waals surface area (Å²) in [7, 11) is 0. The van der Waals surface area contributed by atoms with Crippen molar-refractivity contribution in [3.63, 3.8) is 0 Å². The van der Waals surface area contributed by atoms with Gasteiger partial charge in [0.1, 0.15) is 9.75 Å². The minimum atomic E-state index is -1.17. The van der Waals surface area contributed by atoms with Crippen molar-refractivity contribution in [2.24, 2.45) is 11.8 Å². The molecule has 20 heavy (non-hydrogen) atoms. The Morgan fingerprint density at radius 3 is 1.70 bits per heavy atom. The summed E-state index contributed by atoms with van der Waals surface area (Å²) in [5.74, 6) is -0.874. The molecule has 114 valence electrons. The van der Waals surface area contributed by atoms with E-state index in [4.69, 9.17) is 55.9 Å². The fourth-order valence-corrected chi connectivity index (χ4v) is 6.67. The second kappa shape index (κ2) is 4.91. The predicted octanol–water partition coefficient (Wildman–Crippen LogP) is 4.84. The molecule has 0 aromatic carbocycles. The van der Waals surface area contributed by atoms with Crippen LogP contribution in [0.2, 0.25) is 0 Å². The van der Waals surface area contributed by atoms with E-state index in [-0.39, 0.29) is 11.8 Å². The van der Waals surface area contributed by atoms with Gasteiger partial charge >= 0.3 is 0 Å². The van der Waals surface area contributed by atoms with Crippen molar-refractivity contribution in [3.05, 3.63) is 10.1 Å². The maximum absolute atomic E-state index is 7.00. The maximum atomic E-state index is 7.00. The van der Waals surface area contributed by atoms with Gasteiger partial charge in [-0.1, -0.05) is 29.6 Å². The topological polar surface area (TPSA) is 18.5 Å². The van der Waals surface area contributed by atoms with Gasteiger partial charge in [-0.2, -0.15) is 0 Å². The van der Waals surface area contributed by atoms with E-state index in [2.05, 4.69) is 0 Å². The molecule has 0 aromatic heterocycles. The quantitative estimate of drug-likeness (QED) is 0.528. The molecule has 2 saturated carbocycles. The van der Waals surface area contributed by atoms with E-state index in [1.165, 1.54) is 0 Å². The predicted molar refractivity (Wildman–Crippen MR) is 82.7 cm³/mol. The van der Waals surface area contributed by atoms with Crippen molar-refractivity contribution in [3.8, 4) is 0 Å². The number of rotatable bonds is 4. The lowest BCUT2D eigenvalue weighted by molar-refractivity contribution is -0.246. The van der Waals surface area contributed by atoms with E-state index in [1.807, 2.05) is 13.8 Å². The number of hydrogen-bond acceptors (Lipinski definition) is 2. The van der Waals surface area contributed by atoms with Crippen LogP contribution in [0.4, 0.5) is 0 Å². The highest BCUT2D eigenvalue weighted by Crippen LogP contribution is 2.76. The number of hydrogen-bond donors (Lipinski definition) is 0. The molecule has 0 radical (unpaired) electrons. The Morgan fingerprint density at radius 1 is 0.950 bits per heavy atom. The van der Waals surface area contributed by atoms with Crippen LogP contribution in [0.3, 0.4) is 0 Å². The summed E-state index contributed by atoms with van der Waals surface area (Å²) in [6.45, 7) is 4.68. The lowest BCUT2D eigenvalue weighted by Crippen LogP contribution is -2.59. The van der Waals surface area contributed by atoms with E-state index < -0.39 is 15.5 Å². The molecule has 4 atom stereocenters. The normalized spacial score (nSPS) is 45.3. The molecule has 0 heterocycles. The molecule has 2 nitrogen and oxygen atoms in total. The summed E-state index contributed by atoms with van der Waals surface area (Å²) in [4.78, 5) is -1.94. The number of alkyl halides is 2. The third-order valence-electron chi connectivity index (χ3n) is 5.02. The molecule has 3 aliphatic rings. The third kappa shape index (κ3) is 1.42. The van der Waals surface area contributed by atoms with Crippen LogP contribution < -0.4 is 0 Å². The fourth-order valence-electron chi connectivity index (χ4n) is 4.47. The van der Waals surface area contributed by atoms with Crippen LogP contribution in [0.1, 0.15) is 33.1 Å². The van der Waals surface area contributed by atoms with E-state index in [1.54, 1.807) is 0 Å². The molecular weight excluding hydrogens is 342 g/mol. The summed E-state index contributed by atoms with van der Waals surface area (Å²) in [5.41, 5.74) is 0.